The molecule has 0 aliphatic heterocycles. The molecule has 2 atom stereocenters. The van der Waals surface area contributed by atoms with Gasteiger partial charge in [0.1, 0.15) is 0 Å². The predicted molar refractivity (Wildman–Crippen MR) is 41.7 cm³/mol. The second-order valence-electron chi connectivity index (χ2n) is 2.71. The minimum atomic E-state index is 0.0115. The highest BCUT2D eigenvalue weighted by Gasteiger charge is 2.23. The van der Waals surface area contributed by atoms with E-state index in [2.05, 4.69) is 6.26 Å². The van der Waals surface area contributed by atoms with Crippen LogP contribution >= 0.6 is 11.8 Å². The second-order valence-corrected chi connectivity index (χ2v) is 3.62. The molecule has 54 valence electrons. The summed E-state index contributed by atoms with van der Waals surface area (Å²) in [5, 5.41) is 9.31. The lowest BCUT2D eigenvalue weighted by Gasteiger charge is -2.11. The first-order valence-electron chi connectivity index (χ1n) is 3.51. The molecule has 1 fully saturated rings. The van der Waals surface area contributed by atoms with Crippen LogP contribution in [0.4, 0.5) is 0 Å². The van der Waals surface area contributed by atoms with Gasteiger partial charge in [-0.15, -0.1) is 0 Å². The molecule has 1 saturated carbocycles. The van der Waals surface area contributed by atoms with E-state index in [4.69, 9.17) is 0 Å². The minimum absolute atomic E-state index is 0.0115. The highest BCUT2D eigenvalue weighted by Crippen LogP contribution is 2.27. The van der Waals surface area contributed by atoms with E-state index in [0.717, 1.165) is 12.2 Å². The first-order valence-corrected chi connectivity index (χ1v) is 4.91. The highest BCUT2D eigenvalue weighted by molar-refractivity contribution is 7.98. The van der Waals surface area contributed by atoms with E-state index in [9.17, 15) is 5.11 Å². The van der Waals surface area contributed by atoms with E-state index in [1.165, 1.54) is 12.8 Å². The first-order chi connectivity index (χ1) is 4.34. The fourth-order valence-corrected chi connectivity index (χ4v) is 2.24. The van der Waals surface area contributed by atoms with E-state index < -0.39 is 0 Å². The van der Waals surface area contributed by atoms with E-state index in [-0.39, 0.29) is 6.10 Å². The van der Waals surface area contributed by atoms with Crippen molar-refractivity contribution in [2.45, 2.75) is 25.4 Å². The molecule has 0 spiro atoms. The summed E-state index contributed by atoms with van der Waals surface area (Å²) < 4.78 is 0. The van der Waals surface area contributed by atoms with Crippen molar-refractivity contribution in [3.8, 4) is 0 Å². The van der Waals surface area contributed by atoms with Crippen molar-refractivity contribution >= 4 is 11.8 Å². The van der Waals surface area contributed by atoms with Crippen molar-refractivity contribution in [2.75, 3.05) is 12.0 Å². The summed E-state index contributed by atoms with van der Waals surface area (Å²) in [7, 11) is 0. The molecule has 0 heterocycles. The Morgan fingerprint density at radius 1 is 1.56 bits per heavy atom. The van der Waals surface area contributed by atoms with Crippen LogP contribution in [0.1, 0.15) is 19.3 Å². The molecule has 1 N–H and O–H groups in total. The van der Waals surface area contributed by atoms with Gasteiger partial charge in [0.2, 0.25) is 0 Å². The van der Waals surface area contributed by atoms with Crippen LogP contribution in [0, 0.1) is 5.92 Å². The fraction of sp³-hybridized carbons (Fsp3) is 1.00. The van der Waals surface area contributed by atoms with Gasteiger partial charge >= 0.3 is 0 Å². The van der Waals surface area contributed by atoms with E-state index in [1.807, 2.05) is 11.8 Å². The number of thioether (sulfide) groups is 1. The zero-order chi connectivity index (χ0) is 6.69. The summed E-state index contributed by atoms with van der Waals surface area (Å²) in [6, 6.07) is 0. The van der Waals surface area contributed by atoms with E-state index >= 15 is 0 Å². The standard InChI is InChI=1S/C7H14OS/c1-9-5-6-3-2-4-7(6)8/h6-8H,2-5H2,1H3. The average Bonchev–Trinajstić information content (AvgIpc) is 2.18. The monoisotopic (exact) mass is 146 g/mol. The van der Waals surface area contributed by atoms with Crippen molar-refractivity contribution in [1.29, 1.82) is 0 Å². The second kappa shape index (κ2) is 3.47. The third kappa shape index (κ3) is 1.87. The van der Waals surface area contributed by atoms with Gasteiger partial charge in [-0.25, -0.2) is 0 Å². The van der Waals surface area contributed by atoms with Crippen LogP contribution in [-0.2, 0) is 0 Å². The Morgan fingerprint density at radius 2 is 2.33 bits per heavy atom. The molecule has 0 bridgehead atoms. The molecule has 0 radical (unpaired) electrons. The van der Waals surface area contributed by atoms with Gasteiger partial charge in [-0.2, -0.15) is 11.8 Å². The molecule has 9 heavy (non-hydrogen) atoms. The predicted octanol–water partition coefficient (Wildman–Crippen LogP) is 1.51. The minimum Gasteiger partial charge on any atom is -0.393 e. The maximum Gasteiger partial charge on any atom is 0.0576 e. The van der Waals surface area contributed by atoms with Gasteiger partial charge in [0, 0.05) is 0 Å². The van der Waals surface area contributed by atoms with Crippen molar-refractivity contribution in [3.63, 3.8) is 0 Å². The summed E-state index contributed by atoms with van der Waals surface area (Å²) in [5.74, 6) is 1.74. The molecule has 2 heteroatoms. The van der Waals surface area contributed by atoms with Crippen LogP contribution in [0.25, 0.3) is 0 Å². The van der Waals surface area contributed by atoms with Gasteiger partial charge in [-0.05, 0) is 30.8 Å². The van der Waals surface area contributed by atoms with Gasteiger partial charge in [0.25, 0.3) is 0 Å². The number of rotatable bonds is 2. The Bertz CT molecular complexity index is 85.0. The van der Waals surface area contributed by atoms with Crippen molar-refractivity contribution in [1.82, 2.24) is 0 Å². The Morgan fingerprint density at radius 3 is 2.78 bits per heavy atom. The lowest BCUT2D eigenvalue weighted by molar-refractivity contribution is 0.143. The topological polar surface area (TPSA) is 20.2 Å². The normalized spacial score (nSPS) is 35.3. The van der Waals surface area contributed by atoms with Gasteiger partial charge in [0.15, 0.2) is 0 Å². The summed E-state index contributed by atoms with van der Waals surface area (Å²) in [4.78, 5) is 0. The molecule has 0 saturated heterocycles. The molecule has 0 amide bonds. The number of aliphatic hydroxyl groups excluding tert-OH is 1. The number of aliphatic hydroxyl groups is 1. The average molecular weight is 146 g/mol. The van der Waals surface area contributed by atoms with E-state index in [1.54, 1.807) is 0 Å². The fourth-order valence-electron chi connectivity index (χ4n) is 1.43. The molecule has 1 aliphatic carbocycles. The summed E-state index contributed by atoms with van der Waals surface area (Å²) in [6.07, 6.45) is 5.61. The van der Waals surface area contributed by atoms with Gasteiger partial charge in [0.05, 0.1) is 6.10 Å². The molecule has 0 aromatic rings. The Kier molecular flexibility index (Phi) is 2.86. The number of hydrogen-bond donors (Lipinski definition) is 1. The highest BCUT2D eigenvalue weighted by atomic mass is 32.2. The Labute approximate surface area is 60.8 Å². The van der Waals surface area contributed by atoms with Crippen LogP contribution < -0.4 is 0 Å². The number of hydrogen-bond acceptors (Lipinski definition) is 2. The summed E-state index contributed by atoms with van der Waals surface area (Å²) in [6.45, 7) is 0. The maximum atomic E-state index is 9.31. The van der Waals surface area contributed by atoms with Crippen LogP contribution in [0.15, 0.2) is 0 Å². The Balaban J connectivity index is 2.22. The van der Waals surface area contributed by atoms with Crippen LogP contribution in [0.5, 0.6) is 0 Å². The molecule has 0 aromatic carbocycles. The van der Waals surface area contributed by atoms with Crippen molar-refractivity contribution in [3.05, 3.63) is 0 Å². The first kappa shape index (κ1) is 7.42. The lowest BCUT2D eigenvalue weighted by Crippen LogP contribution is -2.14. The van der Waals surface area contributed by atoms with Gasteiger partial charge in [-0.3, -0.25) is 0 Å². The third-order valence-electron chi connectivity index (χ3n) is 2.00. The van der Waals surface area contributed by atoms with Crippen molar-refractivity contribution < 1.29 is 5.11 Å². The van der Waals surface area contributed by atoms with Gasteiger partial charge in [-0.1, -0.05) is 6.42 Å². The van der Waals surface area contributed by atoms with Crippen LogP contribution in [0.3, 0.4) is 0 Å². The van der Waals surface area contributed by atoms with Crippen molar-refractivity contribution in [2.24, 2.45) is 5.92 Å². The Hall–Kier alpha value is 0.310. The quantitative estimate of drug-likeness (QED) is 0.637. The maximum absolute atomic E-state index is 9.31. The van der Waals surface area contributed by atoms with E-state index in [0.29, 0.717) is 5.92 Å². The molecule has 1 aliphatic rings. The molecule has 1 nitrogen and oxygen atoms in total. The summed E-state index contributed by atoms with van der Waals surface area (Å²) in [5.41, 5.74) is 0. The largest absolute Gasteiger partial charge is 0.393 e. The zero-order valence-corrected chi connectivity index (χ0v) is 6.66. The van der Waals surface area contributed by atoms with Crippen LogP contribution in [-0.4, -0.2) is 23.2 Å². The summed E-state index contributed by atoms with van der Waals surface area (Å²) >= 11 is 1.84. The smallest absolute Gasteiger partial charge is 0.0576 e. The molecule has 2 unspecified atom stereocenters. The molecule has 0 aromatic heterocycles. The van der Waals surface area contributed by atoms with Gasteiger partial charge < -0.3 is 5.11 Å². The molecular weight excluding hydrogens is 132 g/mol. The molecular formula is C7H14OS. The molecule has 1 rings (SSSR count). The SMILES string of the molecule is CSCC1CCCC1O. The zero-order valence-electron chi connectivity index (χ0n) is 5.84. The van der Waals surface area contributed by atoms with Crippen LogP contribution in [0.2, 0.25) is 0 Å². The lowest BCUT2D eigenvalue weighted by atomic mass is 10.1. The third-order valence-corrected chi connectivity index (χ3v) is 2.76.